The van der Waals surface area contributed by atoms with Crippen molar-refractivity contribution in [1.29, 1.82) is 0 Å². The van der Waals surface area contributed by atoms with E-state index in [2.05, 4.69) is 34.4 Å². The number of hydrogen-bond donors (Lipinski definition) is 12. The predicted molar refractivity (Wildman–Crippen MR) is 522 cm³/mol. The molecule has 0 atom stereocenters. The van der Waals surface area contributed by atoms with E-state index in [0.717, 1.165) is 106 Å². The van der Waals surface area contributed by atoms with Crippen LogP contribution in [0.2, 0.25) is 0 Å². The van der Waals surface area contributed by atoms with Crippen molar-refractivity contribution in [2.45, 2.75) is 132 Å². The fourth-order valence-electron chi connectivity index (χ4n) is 15.5. The number of β-amino-alcohol motifs (C(OH)–C–C–N with tert-alkyl or cyclic N) is 4. The van der Waals surface area contributed by atoms with Crippen LogP contribution in [0.3, 0.4) is 0 Å². The number of nitrogen functional groups attached to an aromatic ring is 1. The van der Waals surface area contributed by atoms with E-state index in [1.165, 1.54) is 55.4 Å². The smallest absolute Gasteiger partial charge is 0.339 e. The molecule has 4 aliphatic heterocycles. The van der Waals surface area contributed by atoms with Crippen LogP contribution in [0.25, 0.3) is 22.4 Å². The number of nitrogens with two attached hydrogens (primary N) is 3. The van der Waals surface area contributed by atoms with E-state index in [4.69, 9.17) is 77.3 Å². The molecule has 8 heterocycles. The summed E-state index contributed by atoms with van der Waals surface area (Å²) in [6, 6.07) is 16.4. The van der Waals surface area contributed by atoms with Gasteiger partial charge in [0.2, 0.25) is 30.1 Å². The molecule has 8 aromatic rings. The Balaban J connectivity index is 0.000000237. The topological polar surface area (TPSA) is 566 Å². The molecule has 46 heteroatoms. The van der Waals surface area contributed by atoms with Gasteiger partial charge < -0.3 is 96.1 Å². The molecule has 4 saturated heterocycles. The van der Waals surface area contributed by atoms with Gasteiger partial charge in [0, 0.05) is 181 Å². The molecule has 12 rings (SSSR count). The largest absolute Gasteiger partial charge is 0.493 e. The van der Waals surface area contributed by atoms with Crippen molar-refractivity contribution in [1.82, 2.24) is 61.5 Å². The third-order valence-electron chi connectivity index (χ3n) is 22.4. The third kappa shape index (κ3) is 31.7. The molecular formula is C91H136ClN17O24S4. The summed E-state index contributed by atoms with van der Waals surface area (Å²) in [6.45, 7) is 27.4. The van der Waals surface area contributed by atoms with Crippen LogP contribution in [0.1, 0.15) is 162 Å². The molecule has 0 saturated carbocycles. The van der Waals surface area contributed by atoms with Crippen LogP contribution in [0.4, 0.5) is 11.4 Å². The number of carboxylic acids is 2. The number of amides is 3. The number of nitrogens with one attached hydrogen (secondary N) is 3. The summed E-state index contributed by atoms with van der Waals surface area (Å²) in [5.41, 5.74) is 21.6. The number of halogens is 1. The molecule has 0 unspecified atom stereocenters. The second-order valence-corrected chi connectivity index (χ2v) is 41.0. The number of ether oxygens (including phenoxy) is 4. The number of sulfonamides is 3. The summed E-state index contributed by atoms with van der Waals surface area (Å²) in [7, 11) is -4.95. The highest BCUT2D eigenvalue weighted by Crippen LogP contribution is 2.36. The number of piperazine rings is 4. The zero-order valence-corrected chi connectivity index (χ0v) is 83.7. The van der Waals surface area contributed by atoms with Gasteiger partial charge in [0.25, 0.3) is 32.3 Å². The second kappa shape index (κ2) is 55.0. The van der Waals surface area contributed by atoms with Gasteiger partial charge in [-0.25, -0.2) is 48.2 Å². The van der Waals surface area contributed by atoms with Gasteiger partial charge in [0.15, 0.2) is 0 Å². The standard InChI is InChI=1S/C25H37N5O6S.C25H35N5O5S.C16H24N2O6S.C10H11ClO5S.C9H15N3O.C6H14N2O/c1-4-6-18-17-28(3)23(24(26)32)22(18)27-25(33)20-16-19(7-8-21(20)36-15-5-2)37(34,35)30-11-9-29(10-12-30)13-14-31;1-4-6-18-17-28(3)23-22(18)26-24(27-25(23)32)20-16-19(7-8-21(20)35-15-5-2)36(33,34)30-11-9-29(10-12-30)13-14-31;1-2-11-24-15-4-3-13(12-14(15)16(20)21)25(22,23)18-7-5-17(6-8-18)9-10-19;1-2-5-16-9-4-3-7(17(11,14)15)6-8(9)10(12)13;1-3-4-6-5-12(2)8(7(6)10)9(11)13;9-6-5-8-3-1-7-2-4-8/h7-8,16-17,31H,4-6,9-15H2,1-3H3,(H2,26,32)(H,27,33);7-8,16-17,31H,4-6,9-15H2,1-3H3,(H,26,27,32);3-4,12,19H,2,5-11H2,1H3,(H,20,21);3-4,6H,2,5H2,1H3,(H,12,13);5H,3-4,10H2,1-2H3,(H2,11,13);7,9H,1-6H2. The summed E-state index contributed by atoms with van der Waals surface area (Å²) >= 11 is 0. The highest BCUT2D eigenvalue weighted by atomic mass is 35.7. The number of aromatic nitrogens is 5. The molecule has 0 aliphatic carbocycles. The molecule has 41 nitrogen and oxygen atoms in total. The van der Waals surface area contributed by atoms with E-state index in [0.29, 0.717) is 177 Å². The minimum Gasteiger partial charge on any atom is -0.493 e. The van der Waals surface area contributed by atoms with Crippen LogP contribution >= 0.6 is 10.7 Å². The van der Waals surface area contributed by atoms with Gasteiger partial charge in [-0.15, -0.1) is 0 Å². The first kappa shape index (κ1) is 114. The quantitative estimate of drug-likeness (QED) is 0.0211. The van der Waals surface area contributed by atoms with E-state index in [-0.39, 0.29) is 104 Å². The fourth-order valence-corrected chi connectivity index (χ4v) is 20.6. The third-order valence-corrected chi connectivity index (χ3v) is 29.4. The van der Waals surface area contributed by atoms with Gasteiger partial charge >= 0.3 is 11.9 Å². The van der Waals surface area contributed by atoms with Crippen molar-refractivity contribution in [2.24, 2.45) is 32.6 Å². The van der Waals surface area contributed by atoms with Crippen molar-refractivity contribution >= 4 is 102 Å². The number of carbonyl (C=O) groups is 5. The summed E-state index contributed by atoms with van der Waals surface area (Å²) in [5.74, 6) is -2.94. The minimum absolute atomic E-state index is 0.0172. The van der Waals surface area contributed by atoms with Crippen LogP contribution in [0.5, 0.6) is 23.0 Å². The predicted octanol–water partition coefficient (Wildman–Crippen LogP) is 5.50. The fraction of sp³-hybridized carbons (Fsp3) is 0.527. The number of primary amides is 2. The number of H-pyrrole nitrogens is 1. The van der Waals surface area contributed by atoms with Gasteiger partial charge in [-0.05, 0) is 134 Å². The number of aromatic amines is 1. The summed E-state index contributed by atoms with van der Waals surface area (Å²) in [5, 5.41) is 60.1. The number of aliphatic hydroxyl groups is 4. The van der Waals surface area contributed by atoms with Gasteiger partial charge in [0.1, 0.15) is 56.9 Å². The first-order valence-electron chi connectivity index (χ1n) is 45.8. The highest BCUT2D eigenvalue weighted by molar-refractivity contribution is 8.13. The van der Waals surface area contributed by atoms with Crippen molar-refractivity contribution in [2.75, 3.05) is 195 Å². The molecule has 3 amide bonds. The molecular weight excluding hydrogens is 1880 g/mol. The Kier molecular flexibility index (Phi) is 45.7. The normalized spacial score (nSPS) is 15.0. The average molecular weight is 2020 g/mol. The van der Waals surface area contributed by atoms with Crippen molar-refractivity contribution < 1.29 is 107 Å². The van der Waals surface area contributed by atoms with E-state index >= 15 is 0 Å². The van der Waals surface area contributed by atoms with E-state index in [1.807, 2.05) is 68.8 Å². The maximum absolute atomic E-state index is 13.5. The number of hydrogen-bond acceptors (Lipinski definition) is 29. The first-order chi connectivity index (χ1) is 65.2. The SMILES string of the molecule is CCCOc1ccc(S(=O)(=O)Cl)cc1C(=O)O.CCCOc1ccc(S(=O)(=O)N2CCN(CCO)CC2)cc1-c1nc2c(CCC)cn(C)c2c(=O)[nH]1.CCCOc1ccc(S(=O)(=O)N2CCN(CCO)CC2)cc1C(=O)Nc1c(CCC)cn(C)c1C(N)=O.CCCOc1ccc(S(=O)(=O)N2CCN(CCO)CC2)cc1C(=O)O.CCCc1cn(C)c(C(N)=O)c1N.OCCN1CCNCC1. The number of aliphatic hydroxyl groups excluding tert-OH is 4. The molecule has 0 radical (unpaired) electrons. The number of nitrogens with zero attached hydrogens (tertiary/aromatic N) is 11. The lowest BCUT2D eigenvalue weighted by Gasteiger charge is -2.33. The summed E-state index contributed by atoms with van der Waals surface area (Å²) in [4.78, 5) is 87.8. The average Bonchev–Trinajstić information content (AvgIpc) is 1.73. The van der Waals surface area contributed by atoms with Gasteiger partial charge in [-0.1, -0.05) is 67.7 Å². The number of benzene rings is 4. The number of carbonyl (C=O) groups excluding carboxylic acids is 3. The monoisotopic (exact) mass is 2010 g/mol. The van der Waals surface area contributed by atoms with Crippen LogP contribution in [-0.2, 0) is 79.5 Å². The number of aryl methyl sites for hydroxylation is 6. The Morgan fingerprint density at radius 2 is 0.788 bits per heavy atom. The molecule has 0 bridgehead atoms. The molecule has 760 valence electrons. The number of carboxylic acid groups (broad SMARTS) is 2. The van der Waals surface area contributed by atoms with Crippen LogP contribution in [-0.4, -0.2) is 334 Å². The molecule has 4 fully saturated rings. The van der Waals surface area contributed by atoms with Gasteiger partial charge in [-0.2, -0.15) is 12.9 Å². The lowest BCUT2D eigenvalue weighted by Crippen LogP contribution is -2.49. The Bertz CT molecular complexity index is 5870. The van der Waals surface area contributed by atoms with Gasteiger partial charge in [-0.3, -0.25) is 38.8 Å². The zero-order valence-electron chi connectivity index (χ0n) is 79.7. The lowest BCUT2D eigenvalue weighted by atomic mass is 10.1. The number of rotatable bonds is 40. The Morgan fingerprint density at radius 1 is 0.445 bits per heavy atom. The van der Waals surface area contributed by atoms with Crippen molar-refractivity contribution in [3.05, 3.63) is 147 Å². The maximum atomic E-state index is 13.5. The minimum atomic E-state index is -3.94. The lowest BCUT2D eigenvalue weighted by molar-refractivity contribution is 0.0680. The summed E-state index contributed by atoms with van der Waals surface area (Å²) < 4.78 is 133. The number of aromatic carboxylic acids is 2. The van der Waals surface area contributed by atoms with Gasteiger partial charge in [0.05, 0.1) is 100 Å². The van der Waals surface area contributed by atoms with E-state index in [1.54, 1.807) is 52.2 Å². The Hall–Kier alpha value is -10.2. The van der Waals surface area contributed by atoms with Crippen LogP contribution in [0.15, 0.2) is 116 Å². The Labute approximate surface area is 806 Å². The molecule has 4 aliphatic rings. The van der Waals surface area contributed by atoms with Crippen LogP contribution in [0, 0.1) is 0 Å². The zero-order chi connectivity index (χ0) is 101. The highest BCUT2D eigenvalue weighted by Gasteiger charge is 2.35. The molecule has 15 N–H and O–H groups in total. The maximum Gasteiger partial charge on any atom is 0.339 e. The molecule has 4 aromatic carbocycles. The molecule has 4 aromatic heterocycles. The molecule has 0 spiro atoms. The molecule has 137 heavy (non-hydrogen) atoms. The van der Waals surface area contributed by atoms with E-state index in [9.17, 15) is 67.5 Å². The summed E-state index contributed by atoms with van der Waals surface area (Å²) in [6.07, 6.45) is 13.4. The number of fused-ring (bicyclic) bond motifs is 1. The van der Waals surface area contributed by atoms with Crippen molar-refractivity contribution in [3.63, 3.8) is 0 Å². The first-order valence-corrected chi connectivity index (χ1v) is 52.5. The number of anilines is 2. The van der Waals surface area contributed by atoms with E-state index < -0.39 is 68.8 Å². The van der Waals surface area contributed by atoms with Crippen molar-refractivity contribution in [3.8, 4) is 34.4 Å². The van der Waals surface area contributed by atoms with Crippen LogP contribution < -0.4 is 52.3 Å². The Morgan fingerprint density at radius 3 is 1.18 bits per heavy atom. The second-order valence-electron chi connectivity index (χ2n) is 32.6.